The van der Waals surface area contributed by atoms with E-state index in [1.807, 2.05) is 19.9 Å². The van der Waals surface area contributed by atoms with Crippen LogP contribution in [0.2, 0.25) is 5.02 Å². The topological polar surface area (TPSA) is 21.3 Å². The lowest BCUT2D eigenvalue weighted by Gasteiger charge is -2.06. The highest BCUT2D eigenvalue weighted by atomic mass is 35.5. The van der Waals surface area contributed by atoms with Crippen LogP contribution in [0.25, 0.3) is 0 Å². The number of rotatable bonds is 7. The quantitative estimate of drug-likeness (QED) is 0.741. The predicted octanol–water partition coefficient (Wildman–Crippen LogP) is 3.16. The fraction of sp³-hybridized carbons (Fsp3) is 0.538. The Morgan fingerprint density at radius 3 is 2.88 bits per heavy atom. The summed E-state index contributed by atoms with van der Waals surface area (Å²) in [6.07, 6.45) is 1.05. The zero-order chi connectivity index (χ0) is 11.8. The Morgan fingerprint density at radius 1 is 1.38 bits per heavy atom. The van der Waals surface area contributed by atoms with Gasteiger partial charge in [0.25, 0.3) is 0 Å². The standard InChI is InChI=1S/C13H20ClNO/c1-3-16-8-4-7-15-10-12-6-5-11(2)13(14)9-12/h5-6,9,15H,3-4,7-8,10H2,1-2H3. The maximum Gasteiger partial charge on any atom is 0.0477 e. The number of halogens is 1. The molecule has 2 nitrogen and oxygen atoms in total. The second-order valence-electron chi connectivity index (χ2n) is 3.81. The largest absolute Gasteiger partial charge is 0.382 e. The van der Waals surface area contributed by atoms with E-state index in [-0.39, 0.29) is 0 Å². The van der Waals surface area contributed by atoms with Crippen molar-refractivity contribution in [2.24, 2.45) is 0 Å². The molecule has 0 fully saturated rings. The molecule has 0 amide bonds. The number of aryl methyl sites for hydroxylation is 1. The van der Waals surface area contributed by atoms with Crippen molar-refractivity contribution in [3.05, 3.63) is 34.3 Å². The number of benzene rings is 1. The first-order valence-electron chi connectivity index (χ1n) is 5.77. The van der Waals surface area contributed by atoms with Gasteiger partial charge >= 0.3 is 0 Å². The minimum atomic E-state index is 0.799. The normalized spacial score (nSPS) is 10.7. The van der Waals surface area contributed by atoms with Gasteiger partial charge in [0.1, 0.15) is 0 Å². The summed E-state index contributed by atoms with van der Waals surface area (Å²) in [5.74, 6) is 0. The fourth-order valence-corrected chi connectivity index (χ4v) is 1.63. The summed E-state index contributed by atoms with van der Waals surface area (Å²) in [6.45, 7) is 7.51. The van der Waals surface area contributed by atoms with Crippen molar-refractivity contribution in [1.29, 1.82) is 0 Å². The third-order valence-electron chi connectivity index (χ3n) is 2.41. The van der Waals surface area contributed by atoms with Crippen LogP contribution in [0.1, 0.15) is 24.5 Å². The summed E-state index contributed by atoms with van der Waals surface area (Å²) in [4.78, 5) is 0. The van der Waals surface area contributed by atoms with E-state index in [2.05, 4.69) is 17.4 Å². The van der Waals surface area contributed by atoms with Gasteiger partial charge in [0.05, 0.1) is 0 Å². The SMILES string of the molecule is CCOCCCNCc1ccc(C)c(Cl)c1. The smallest absolute Gasteiger partial charge is 0.0477 e. The molecule has 0 aliphatic carbocycles. The van der Waals surface area contributed by atoms with E-state index in [0.717, 1.165) is 43.3 Å². The van der Waals surface area contributed by atoms with Crippen LogP contribution in [0.5, 0.6) is 0 Å². The van der Waals surface area contributed by atoms with Crippen molar-refractivity contribution in [3.63, 3.8) is 0 Å². The van der Waals surface area contributed by atoms with Gasteiger partial charge in [-0.3, -0.25) is 0 Å². The van der Waals surface area contributed by atoms with Gasteiger partial charge in [-0.15, -0.1) is 0 Å². The first-order valence-corrected chi connectivity index (χ1v) is 6.15. The van der Waals surface area contributed by atoms with Crippen LogP contribution in [-0.2, 0) is 11.3 Å². The van der Waals surface area contributed by atoms with E-state index in [1.54, 1.807) is 0 Å². The summed E-state index contributed by atoms with van der Waals surface area (Å²) < 4.78 is 5.26. The summed E-state index contributed by atoms with van der Waals surface area (Å²) in [6, 6.07) is 6.18. The van der Waals surface area contributed by atoms with E-state index in [9.17, 15) is 0 Å². The van der Waals surface area contributed by atoms with Gasteiger partial charge in [0.2, 0.25) is 0 Å². The predicted molar refractivity (Wildman–Crippen MR) is 69.0 cm³/mol. The Kier molecular flexibility index (Phi) is 6.46. The molecule has 3 heteroatoms. The van der Waals surface area contributed by atoms with Gasteiger partial charge in [0, 0.05) is 24.8 Å². The fourth-order valence-electron chi connectivity index (χ4n) is 1.42. The summed E-state index contributed by atoms with van der Waals surface area (Å²) in [5.41, 5.74) is 2.36. The van der Waals surface area contributed by atoms with E-state index in [0.29, 0.717) is 0 Å². The lowest BCUT2D eigenvalue weighted by atomic mass is 10.1. The van der Waals surface area contributed by atoms with Crippen LogP contribution < -0.4 is 5.32 Å². The minimum Gasteiger partial charge on any atom is -0.382 e. The van der Waals surface area contributed by atoms with Crippen molar-refractivity contribution in [3.8, 4) is 0 Å². The molecule has 1 aromatic rings. The Morgan fingerprint density at radius 2 is 2.19 bits per heavy atom. The van der Waals surface area contributed by atoms with Crippen molar-refractivity contribution < 1.29 is 4.74 Å². The summed E-state index contributed by atoms with van der Waals surface area (Å²) in [5, 5.41) is 4.21. The average Bonchev–Trinajstić information content (AvgIpc) is 2.28. The van der Waals surface area contributed by atoms with E-state index in [1.165, 1.54) is 5.56 Å². The van der Waals surface area contributed by atoms with Crippen LogP contribution in [0.15, 0.2) is 18.2 Å². The molecule has 0 unspecified atom stereocenters. The third-order valence-corrected chi connectivity index (χ3v) is 2.82. The van der Waals surface area contributed by atoms with Crippen molar-refractivity contribution in [2.75, 3.05) is 19.8 Å². The molecule has 0 aromatic heterocycles. The molecular formula is C13H20ClNO. The second kappa shape index (κ2) is 7.66. The summed E-state index contributed by atoms with van der Waals surface area (Å²) in [7, 11) is 0. The molecule has 16 heavy (non-hydrogen) atoms. The molecule has 0 saturated heterocycles. The van der Waals surface area contributed by atoms with Crippen molar-refractivity contribution in [2.45, 2.75) is 26.8 Å². The van der Waals surface area contributed by atoms with Gasteiger partial charge in [-0.25, -0.2) is 0 Å². The van der Waals surface area contributed by atoms with Crippen LogP contribution in [0.4, 0.5) is 0 Å². The molecule has 0 atom stereocenters. The number of hydrogen-bond acceptors (Lipinski definition) is 2. The average molecular weight is 242 g/mol. The number of hydrogen-bond donors (Lipinski definition) is 1. The van der Waals surface area contributed by atoms with E-state index >= 15 is 0 Å². The first-order chi connectivity index (χ1) is 7.74. The number of nitrogens with one attached hydrogen (secondary N) is 1. The van der Waals surface area contributed by atoms with E-state index < -0.39 is 0 Å². The molecule has 0 spiro atoms. The maximum atomic E-state index is 6.05. The van der Waals surface area contributed by atoms with Crippen LogP contribution >= 0.6 is 11.6 Å². The second-order valence-corrected chi connectivity index (χ2v) is 4.22. The molecule has 1 rings (SSSR count). The van der Waals surface area contributed by atoms with Gasteiger partial charge in [-0.05, 0) is 44.0 Å². The van der Waals surface area contributed by atoms with Crippen molar-refractivity contribution >= 4 is 11.6 Å². The Bertz CT molecular complexity index is 315. The molecule has 0 saturated carbocycles. The monoisotopic (exact) mass is 241 g/mol. The van der Waals surface area contributed by atoms with Crippen molar-refractivity contribution in [1.82, 2.24) is 5.32 Å². The van der Waals surface area contributed by atoms with Crippen LogP contribution in [0, 0.1) is 6.92 Å². The third kappa shape index (κ3) is 4.97. The minimum absolute atomic E-state index is 0.799. The molecular weight excluding hydrogens is 222 g/mol. The van der Waals surface area contributed by atoms with Gasteiger partial charge in [-0.1, -0.05) is 23.7 Å². The molecule has 0 aliphatic heterocycles. The van der Waals surface area contributed by atoms with Gasteiger partial charge in [-0.2, -0.15) is 0 Å². The Hall–Kier alpha value is -0.570. The van der Waals surface area contributed by atoms with Crippen LogP contribution in [-0.4, -0.2) is 19.8 Å². The molecule has 1 N–H and O–H groups in total. The summed E-state index contributed by atoms with van der Waals surface area (Å²) >= 11 is 6.05. The molecule has 1 aromatic carbocycles. The maximum absolute atomic E-state index is 6.05. The highest BCUT2D eigenvalue weighted by molar-refractivity contribution is 6.31. The first kappa shape index (κ1) is 13.5. The molecule has 0 radical (unpaired) electrons. The lowest BCUT2D eigenvalue weighted by molar-refractivity contribution is 0.144. The van der Waals surface area contributed by atoms with Gasteiger partial charge in [0.15, 0.2) is 0 Å². The molecule has 0 aliphatic rings. The number of ether oxygens (including phenoxy) is 1. The Labute approximate surface area is 103 Å². The zero-order valence-electron chi connectivity index (χ0n) is 10.1. The Balaban J connectivity index is 2.19. The molecule has 0 bridgehead atoms. The van der Waals surface area contributed by atoms with Crippen LogP contribution in [0.3, 0.4) is 0 Å². The van der Waals surface area contributed by atoms with E-state index in [4.69, 9.17) is 16.3 Å². The molecule has 90 valence electrons. The highest BCUT2D eigenvalue weighted by Gasteiger charge is 1.97. The zero-order valence-corrected chi connectivity index (χ0v) is 10.8. The molecule has 0 heterocycles. The highest BCUT2D eigenvalue weighted by Crippen LogP contribution is 2.16. The lowest BCUT2D eigenvalue weighted by Crippen LogP contribution is -2.16. The van der Waals surface area contributed by atoms with Gasteiger partial charge < -0.3 is 10.1 Å².